The summed E-state index contributed by atoms with van der Waals surface area (Å²) in [6.45, 7) is 1.29. The molecule has 1 rings (SSSR count). The summed E-state index contributed by atoms with van der Waals surface area (Å²) in [5, 5.41) is 17.9. The molecule has 0 amide bonds. The van der Waals surface area contributed by atoms with E-state index in [0.29, 0.717) is 6.54 Å². The van der Waals surface area contributed by atoms with Crippen LogP contribution in [0.4, 0.5) is 0 Å². The van der Waals surface area contributed by atoms with Gasteiger partial charge in [-0.15, -0.1) is 0 Å². The predicted octanol–water partition coefficient (Wildman–Crippen LogP) is -0.946. The lowest BCUT2D eigenvalue weighted by molar-refractivity contribution is -0.897. The van der Waals surface area contributed by atoms with Gasteiger partial charge in [-0.3, -0.25) is 0 Å². The number of aliphatic hydroxyl groups excluding tert-OH is 2. The third kappa shape index (κ3) is 3.87. The molecule has 1 aromatic carbocycles. The third-order valence-corrected chi connectivity index (χ3v) is 2.14. The molecule has 0 saturated heterocycles. The average Bonchev–Trinajstić information content (AvgIpc) is 2.19. The van der Waals surface area contributed by atoms with Gasteiger partial charge in [-0.1, -0.05) is 30.3 Å². The standard InChI is InChI=1S/C11H17NO2/c1-12(8-11(14)9-13)7-10-5-3-2-4-6-10/h2-6,11,13-14H,7-9H2,1H3/p+1/t11-/m0/s1. The van der Waals surface area contributed by atoms with Gasteiger partial charge in [0.05, 0.1) is 13.7 Å². The number of nitrogens with one attached hydrogen (secondary N) is 1. The van der Waals surface area contributed by atoms with Crippen LogP contribution in [-0.4, -0.2) is 36.5 Å². The summed E-state index contributed by atoms with van der Waals surface area (Å²) in [5.74, 6) is 0. The Morgan fingerprint density at radius 1 is 1.29 bits per heavy atom. The lowest BCUT2D eigenvalue weighted by atomic mass is 10.2. The SMILES string of the molecule is C[NH+](Cc1ccccc1)C[C@H](O)CO. The molecule has 0 fully saturated rings. The molecule has 0 aromatic heterocycles. The maximum Gasteiger partial charge on any atom is 0.126 e. The van der Waals surface area contributed by atoms with Crippen LogP contribution in [0.15, 0.2) is 30.3 Å². The van der Waals surface area contributed by atoms with Crippen molar-refractivity contribution in [2.24, 2.45) is 0 Å². The third-order valence-electron chi connectivity index (χ3n) is 2.14. The molecular formula is C11H18NO2+. The summed E-state index contributed by atoms with van der Waals surface area (Å²) in [7, 11) is 2.01. The van der Waals surface area contributed by atoms with Crippen LogP contribution in [0, 0.1) is 0 Å². The van der Waals surface area contributed by atoms with Crippen molar-refractivity contribution < 1.29 is 15.1 Å². The maximum absolute atomic E-state index is 9.24. The van der Waals surface area contributed by atoms with E-state index in [4.69, 9.17) is 5.11 Å². The highest BCUT2D eigenvalue weighted by molar-refractivity contribution is 5.13. The summed E-state index contributed by atoms with van der Waals surface area (Å²) < 4.78 is 0. The summed E-state index contributed by atoms with van der Waals surface area (Å²) in [6, 6.07) is 10.1. The first-order valence-electron chi connectivity index (χ1n) is 4.86. The van der Waals surface area contributed by atoms with Crippen LogP contribution in [0.3, 0.4) is 0 Å². The van der Waals surface area contributed by atoms with Gasteiger partial charge in [-0.25, -0.2) is 0 Å². The summed E-state index contributed by atoms with van der Waals surface area (Å²) in [6.07, 6.45) is -0.612. The quantitative estimate of drug-likeness (QED) is 0.569. The fraction of sp³-hybridized carbons (Fsp3) is 0.455. The van der Waals surface area contributed by atoms with E-state index in [0.717, 1.165) is 6.54 Å². The van der Waals surface area contributed by atoms with E-state index in [9.17, 15) is 5.11 Å². The van der Waals surface area contributed by atoms with Crippen molar-refractivity contribution >= 4 is 0 Å². The van der Waals surface area contributed by atoms with Crippen molar-refractivity contribution in [2.45, 2.75) is 12.6 Å². The van der Waals surface area contributed by atoms with Gasteiger partial charge < -0.3 is 15.1 Å². The predicted molar refractivity (Wildman–Crippen MR) is 55.0 cm³/mol. The van der Waals surface area contributed by atoms with Crippen molar-refractivity contribution in [1.82, 2.24) is 0 Å². The summed E-state index contributed by atoms with van der Waals surface area (Å²) in [5.41, 5.74) is 1.25. The molecule has 2 atom stereocenters. The summed E-state index contributed by atoms with van der Waals surface area (Å²) >= 11 is 0. The van der Waals surface area contributed by atoms with Crippen LogP contribution in [-0.2, 0) is 6.54 Å². The minimum absolute atomic E-state index is 0.161. The number of hydrogen-bond donors (Lipinski definition) is 3. The van der Waals surface area contributed by atoms with E-state index in [1.54, 1.807) is 0 Å². The Kier molecular flexibility index (Phi) is 4.59. The number of likely N-dealkylation sites (N-methyl/N-ethyl adjacent to an activating group) is 1. The molecule has 3 N–H and O–H groups in total. The molecule has 0 bridgehead atoms. The molecule has 0 aliphatic heterocycles. The fourth-order valence-electron chi connectivity index (χ4n) is 1.48. The van der Waals surface area contributed by atoms with Crippen molar-refractivity contribution in [2.75, 3.05) is 20.2 Å². The number of benzene rings is 1. The van der Waals surface area contributed by atoms with Crippen LogP contribution in [0.5, 0.6) is 0 Å². The van der Waals surface area contributed by atoms with E-state index in [-0.39, 0.29) is 6.61 Å². The Morgan fingerprint density at radius 2 is 1.93 bits per heavy atom. The second-order valence-corrected chi connectivity index (χ2v) is 3.66. The zero-order valence-electron chi connectivity index (χ0n) is 8.48. The van der Waals surface area contributed by atoms with E-state index >= 15 is 0 Å². The average molecular weight is 196 g/mol. The first-order chi connectivity index (χ1) is 6.72. The Hall–Kier alpha value is -0.900. The molecule has 0 heterocycles. The number of hydrogen-bond acceptors (Lipinski definition) is 2. The second kappa shape index (κ2) is 5.75. The van der Waals surface area contributed by atoms with Crippen LogP contribution >= 0.6 is 0 Å². The van der Waals surface area contributed by atoms with Gasteiger partial charge in [0.2, 0.25) is 0 Å². The maximum atomic E-state index is 9.24. The molecule has 0 saturated carbocycles. The van der Waals surface area contributed by atoms with Gasteiger partial charge in [-0.2, -0.15) is 0 Å². The Morgan fingerprint density at radius 3 is 2.50 bits per heavy atom. The van der Waals surface area contributed by atoms with Gasteiger partial charge in [-0.05, 0) is 0 Å². The molecule has 3 heteroatoms. The minimum atomic E-state index is -0.612. The van der Waals surface area contributed by atoms with Crippen LogP contribution in [0.25, 0.3) is 0 Å². The first kappa shape index (κ1) is 11.2. The Bertz CT molecular complexity index is 251. The molecule has 14 heavy (non-hydrogen) atoms. The van der Waals surface area contributed by atoms with Gasteiger partial charge in [0.25, 0.3) is 0 Å². The monoisotopic (exact) mass is 196 g/mol. The normalized spacial score (nSPS) is 15.1. The van der Waals surface area contributed by atoms with Crippen LogP contribution in [0.2, 0.25) is 0 Å². The van der Waals surface area contributed by atoms with E-state index in [1.807, 2.05) is 25.2 Å². The van der Waals surface area contributed by atoms with Crippen molar-refractivity contribution in [1.29, 1.82) is 0 Å². The molecule has 3 nitrogen and oxygen atoms in total. The Labute approximate surface area is 84.6 Å². The zero-order chi connectivity index (χ0) is 10.4. The van der Waals surface area contributed by atoms with Crippen LogP contribution < -0.4 is 4.90 Å². The lowest BCUT2D eigenvalue weighted by Crippen LogP contribution is -3.08. The fourth-order valence-corrected chi connectivity index (χ4v) is 1.48. The number of quaternary nitrogens is 1. The zero-order valence-corrected chi connectivity index (χ0v) is 8.48. The van der Waals surface area contributed by atoms with Crippen molar-refractivity contribution in [3.05, 3.63) is 35.9 Å². The van der Waals surface area contributed by atoms with Gasteiger partial charge in [0, 0.05) is 5.56 Å². The highest BCUT2D eigenvalue weighted by Crippen LogP contribution is 1.94. The highest BCUT2D eigenvalue weighted by Gasteiger charge is 2.09. The molecule has 0 radical (unpaired) electrons. The minimum Gasteiger partial charge on any atom is -0.393 e. The largest absolute Gasteiger partial charge is 0.393 e. The molecule has 0 aliphatic rings. The number of rotatable bonds is 5. The van der Waals surface area contributed by atoms with E-state index in [1.165, 1.54) is 10.5 Å². The van der Waals surface area contributed by atoms with Gasteiger partial charge >= 0.3 is 0 Å². The smallest absolute Gasteiger partial charge is 0.126 e. The molecule has 0 aliphatic carbocycles. The lowest BCUT2D eigenvalue weighted by Gasteiger charge is -2.16. The number of aliphatic hydroxyl groups is 2. The highest BCUT2D eigenvalue weighted by atomic mass is 16.3. The first-order valence-corrected chi connectivity index (χ1v) is 4.86. The van der Waals surface area contributed by atoms with E-state index in [2.05, 4.69) is 12.1 Å². The molecule has 1 aromatic rings. The van der Waals surface area contributed by atoms with E-state index < -0.39 is 6.10 Å². The molecule has 0 spiro atoms. The second-order valence-electron chi connectivity index (χ2n) is 3.66. The molecule has 78 valence electrons. The Balaban J connectivity index is 2.37. The van der Waals surface area contributed by atoms with Crippen LogP contribution in [0.1, 0.15) is 5.56 Å². The molecule has 1 unspecified atom stereocenters. The topological polar surface area (TPSA) is 44.9 Å². The van der Waals surface area contributed by atoms with Crippen molar-refractivity contribution in [3.63, 3.8) is 0 Å². The molecular weight excluding hydrogens is 178 g/mol. The van der Waals surface area contributed by atoms with Gasteiger partial charge in [0.1, 0.15) is 19.2 Å². The summed E-state index contributed by atoms with van der Waals surface area (Å²) in [4.78, 5) is 1.19. The van der Waals surface area contributed by atoms with Gasteiger partial charge in [0.15, 0.2) is 0 Å². The van der Waals surface area contributed by atoms with Crippen molar-refractivity contribution in [3.8, 4) is 0 Å².